The fraction of sp³-hybridized carbons (Fsp3) is 0.211. The monoisotopic (exact) mass is 408 g/mol. The minimum Gasteiger partial charge on any atom is -0.484 e. The lowest BCUT2D eigenvalue weighted by molar-refractivity contribution is -0.152. The Bertz CT molecular complexity index is 847. The predicted octanol–water partition coefficient (Wildman–Crippen LogP) is 2.54. The van der Waals surface area contributed by atoms with Crippen molar-refractivity contribution in [3.8, 4) is 5.75 Å². The molecule has 9 heteroatoms. The van der Waals surface area contributed by atoms with E-state index in [4.69, 9.17) is 21.1 Å². The van der Waals surface area contributed by atoms with Gasteiger partial charge in [0.2, 0.25) is 0 Å². The van der Waals surface area contributed by atoms with Crippen molar-refractivity contribution in [2.24, 2.45) is 0 Å². The zero-order chi connectivity index (χ0) is 20.5. The largest absolute Gasteiger partial charge is 0.484 e. The summed E-state index contributed by atoms with van der Waals surface area (Å²) in [6.45, 7) is 0.606. The van der Waals surface area contributed by atoms with Crippen LogP contribution in [0.2, 0.25) is 5.02 Å². The van der Waals surface area contributed by atoms with Crippen molar-refractivity contribution in [2.45, 2.75) is 13.0 Å². The number of rotatable bonds is 8. The molecule has 0 bridgehead atoms. The minimum atomic E-state index is -1.19. The number of benzene rings is 2. The van der Waals surface area contributed by atoms with Crippen LogP contribution in [0.25, 0.3) is 0 Å². The molecule has 2 amide bonds. The van der Waals surface area contributed by atoms with Crippen molar-refractivity contribution in [1.29, 1.82) is 0 Å². The van der Waals surface area contributed by atoms with Gasteiger partial charge in [-0.05, 0) is 37.3 Å². The van der Waals surface area contributed by atoms with Gasteiger partial charge in [0, 0.05) is 5.02 Å². The van der Waals surface area contributed by atoms with Gasteiger partial charge in [-0.1, -0.05) is 29.8 Å². The number of esters is 1. The van der Waals surface area contributed by atoms with Crippen LogP contribution in [-0.4, -0.2) is 37.0 Å². The van der Waals surface area contributed by atoms with Gasteiger partial charge in [-0.25, -0.2) is 4.39 Å². The Kier molecular flexibility index (Phi) is 7.76. The maximum Gasteiger partial charge on any atom is 0.326 e. The number of nitrogens with one attached hydrogen (secondary N) is 2. The molecule has 2 N–H and O–H groups in total. The van der Waals surface area contributed by atoms with Crippen molar-refractivity contribution < 1.29 is 28.2 Å². The number of halogens is 2. The zero-order valence-electron chi connectivity index (χ0n) is 14.9. The smallest absolute Gasteiger partial charge is 0.326 e. The predicted molar refractivity (Wildman–Crippen MR) is 101 cm³/mol. The highest BCUT2D eigenvalue weighted by Gasteiger charge is 2.19. The molecule has 2 aromatic carbocycles. The summed E-state index contributed by atoms with van der Waals surface area (Å²) in [5.74, 6) is -2.29. The molecular weight excluding hydrogens is 391 g/mol. The van der Waals surface area contributed by atoms with Crippen LogP contribution in [0.1, 0.15) is 6.92 Å². The summed E-state index contributed by atoms with van der Waals surface area (Å²) in [6.07, 6.45) is -1.19. The van der Waals surface area contributed by atoms with Gasteiger partial charge in [-0.15, -0.1) is 0 Å². The van der Waals surface area contributed by atoms with Crippen LogP contribution in [-0.2, 0) is 19.1 Å². The molecule has 7 nitrogen and oxygen atoms in total. The lowest BCUT2D eigenvalue weighted by Gasteiger charge is -2.14. The third-order valence-electron chi connectivity index (χ3n) is 3.41. The highest BCUT2D eigenvalue weighted by molar-refractivity contribution is 6.30. The number of hydrogen-bond acceptors (Lipinski definition) is 5. The molecule has 28 heavy (non-hydrogen) atoms. The first kappa shape index (κ1) is 21.2. The van der Waals surface area contributed by atoms with Crippen LogP contribution in [0, 0.1) is 5.82 Å². The highest BCUT2D eigenvalue weighted by atomic mass is 35.5. The van der Waals surface area contributed by atoms with Crippen LogP contribution in [0.3, 0.4) is 0 Å². The fourth-order valence-electron chi connectivity index (χ4n) is 2.00. The summed E-state index contributed by atoms with van der Waals surface area (Å²) >= 11 is 5.64. The Hall–Kier alpha value is -3.13. The van der Waals surface area contributed by atoms with Crippen molar-refractivity contribution in [2.75, 3.05) is 18.5 Å². The van der Waals surface area contributed by atoms with Gasteiger partial charge in [0.15, 0.2) is 12.7 Å². The summed E-state index contributed by atoms with van der Waals surface area (Å²) < 4.78 is 23.8. The number of hydrogen-bond donors (Lipinski definition) is 2. The molecule has 0 spiro atoms. The maximum absolute atomic E-state index is 13.7. The highest BCUT2D eigenvalue weighted by Crippen LogP contribution is 2.19. The SMILES string of the molecule is CC(OC(=O)CNC(=O)COc1ccccc1)C(=O)Nc1ccc(Cl)cc1F. The van der Waals surface area contributed by atoms with Crippen LogP contribution in [0.4, 0.5) is 10.1 Å². The maximum atomic E-state index is 13.7. The second-order valence-corrected chi connectivity index (χ2v) is 6.06. The summed E-state index contributed by atoms with van der Waals surface area (Å²) in [4.78, 5) is 35.4. The molecule has 1 atom stereocenters. The van der Waals surface area contributed by atoms with E-state index >= 15 is 0 Å². The summed E-state index contributed by atoms with van der Waals surface area (Å²) in [5, 5.41) is 4.79. The molecule has 0 aliphatic rings. The van der Waals surface area contributed by atoms with Gasteiger partial charge in [-0.2, -0.15) is 0 Å². The van der Waals surface area contributed by atoms with Crippen LogP contribution in [0.5, 0.6) is 5.75 Å². The second kappa shape index (κ2) is 10.3. The standard InChI is InChI=1S/C19H18ClFN2O5/c1-12(19(26)23-16-8-7-13(20)9-15(16)21)28-18(25)10-22-17(24)11-27-14-5-3-2-4-6-14/h2-9,12H,10-11H2,1H3,(H,22,24)(H,23,26). The molecule has 0 saturated carbocycles. The number of carbonyl (C=O) groups excluding carboxylic acids is 3. The van der Waals surface area contributed by atoms with Crippen molar-refractivity contribution >= 4 is 35.1 Å². The van der Waals surface area contributed by atoms with Gasteiger partial charge >= 0.3 is 5.97 Å². The topological polar surface area (TPSA) is 93.7 Å². The number of para-hydroxylation sites is 1. The van der Waals surface area contributed by atoms with Crippen molar-refractivity contribution in [1.82, 2.24) is 5.32 Å². The molecule has 0 saturated heterocycles. The van der Waals surface area contributed by atoms with Gasteiger partial charge in [0.1, 0.15) is 18.1 Å². The van der Waals surface area contributed by atoms with Gasteiger partial charge < -0.3 is 20.1 Å². The van der Waals surface area contributed by atoms with Crippen LogP contribution < -0.4 is 15.4 Å². The first-order chi connectivity index (χ1) is 13.3. The molecule has 2 rings (SSSR count). The summed E-state index contributed by atoms with van der Waals surface area (Å²) in [7, 11) is 0. The van der Waals surface area contributed by atoms with Gasteiger partial charge in [0.05, 0.1) is 5.69 Å². The number of ether oxygens (including phenoxy) is 2. The lowest BCUT2D eigenvalue weighted by atomic mass is 10.3. The van der Waals surface area contributed by atoms with E-state index in [1.54, 1.807) is 24.3 Å². The van der Waals surface area contributed by atoms with E-state index in [0.717, 1.165) is 6.07 Å². The van der Waals surface area contributed by atoms with Crippen molar-refractivity contribution in [3.05, 3.63) is 59.4 Å². The Morgan fingerprint density at radius 2 is 1.86 bits per heavy atom. The third-order valence-corrected chi connectivity index (χ3v) is 3.64. The molecule has 0 radical (unpaired) electrons. The summed E-state index contributed by atoms with van der Waals surface area (Å²) in [5.41, 5.74) is -0.0938. The molecule has 148 valence electrons. The summed E-state index contributed by atoms with van der Waals surface area (Å²) in [6, 6.07) is 12.4. The molecular formula is C19H18ClFN2O5. The number of carbonyl (C=O) groups is 3. The quantitative estimate of drug-likeness (QED) is 0.655. The first-order valence-corrected chi connectivity index (χ1v) is 8.63. The fourth-order valence-corrected chi connectivity index (χ4v) is 2.16. The third kappa shape index (κ3) is 6.88. The number of amides is 2. The Morgan fingerprint density at radius 1 is 1.14 bits per heavy atom. The molecule has 1 unspecified atom stereocenters. The Balaban J connectivity index is 1.72. The lowest BCUT2D eigenvalue weighted by Crippen LogP contribution is -2.37. The zero-order valence-corrected chi connectivity index (χ0v) is 15.7. The average Bonchev–Trinajstić information content (AvgIpc) is 2.67. The van der Waals surface area contributed by atoms with Gasteiger partial charge in [-0.3, -0.25) is 14.4 Å². The molecule has 0 heterocycles. The van der Waals surface area contributed by atoms with Crippen molar-refractivity contribution in [3.63, 3.8) is 0 Å². The van der Waals surface area contributed by atoms with E-state index in [2.05, 4.69) is 10.6 Å². The minimum absolute atomic E-state index is 0.0938. The van der Waals surface area contributed by atoms with Gasteiger partial charge in [0.25, 0.3) is 11.8 Å². The normalized spacial score (nSPS) is 11.2. The van der Waals surface area contributed by atoms with Crippen LogP contribution in [0.15, 0.2) is 48.5 Å². The van der Waals surface area contributed by atoms with E-state index in [9.17, 15) is 18.8 Å². The molecule has 0 aliphatic carbocycles. The van der Waals surface area contributed by atoms with E-state index < -0.39 is 36.2 Å². The Morgan fingerprint density at radius 3 is 2.54 bits per heavy atom. The average molecular weight is 409 g/mol. The van der Waals surface area contributed by atoms with E-state index in [1.807, 2.05) is 6.07 Å². The molecule has 2 aromatic rings. The first-order valence-electron chi connectivity index (χ1n) is 8.25. The molecule has 0 aliphatic heterocycles. The van der Waals surface area contributed by atoms with E-state index in [1.165, 1.54) is 19.1 Å². The van der Waals surface area contributed by atoms with E-state index in [-0.39, 0.29) is 17.3 Å². The second-order valence-electron chi connectivity index (χ2n) is 5.62. The van der Waals surface area contributed by atoms with Crippen LogP contribution >= 0.6 is 11.6 Å². The Labute approximate surface area is 165 Å². The molecule has 0 fully saturated rings. The molecule has 0 aromatic heterocycles. The van der Waals surface area contributed by atoms with E-state index in [0.29, 0.717) is 5.75 Å². The number of anilines is 1.